The van der Waals surface area contributed by atoms with Crippen LogP contribution in [0.1, 0.15) is 38.3 Å². The number of piperazine rings is 1. The van der Waals surface area contributed by atoms with Crippen LogP contribution in [-0.4, -0.2) is 106 Å². The molecule has 0 radical (unpaired) electrons. The SMILES string of the molecule is COc1ccc(CN(CCNS(=O)(=O)CCC(=O)OC(C)(C)C)c2cc(Cl)ccc2CN2CCN(C(=O)OC(C(F)(F)F)C(F)(F)F)CC2)cc1. The van der Waals surface area contributed by atoms with Crippen LogP contribution in [0, 0.1) is 0 Å². The second kappa shape index (κ2) is 17.4. The highest BCUT2D eigenvalue weighted by molar-refractivity contribution is 7.89. The Morgan fingerprint density at radius 1 is 0.961 bits per heavy atom. The van der Waals surface area contributed by atoms with Crippen molar-refractivity contribution in [1.82, 2.24) is 14.5 Å². The van der Waals surface area contributed by atoms with Crippen molar-refractivity contribution < 1.29 is 58.6 Å². The van der Waals surface area contributed by atoms with Crippen molar-refractivity contribution in [1.29, 1.82) is 0 Å². The van der Waals surface area contributed by atoms with Gasteiger partial charge in [-0.25, -0.2) is 17.9 Å². The number of nitrogens with zero attached hydrogens (tertiary/aromatic N) is 3. The average Bonchev–Trinajstić information content (AvgIpc) is 3.02. The molecule has 1 saturated heterocycles. The maximum atomic E-state index is 12.9. The molecule has 3 rings (SSSR count). The van der Waals surface area contributed by atoms with Crippen LogP contribution in [0.4, 0.5) is 36.8 Å². The Hall–Kier alpha value is -3.48. The summed E-state index contributed by atoms with van der Waals surface area (Å²) >= 11 is 6.40. The summed E-state index contributed by atoms with van der Waals surface area (Å²) in [6.07, 6.45) is -17.9. The van der Waals surface area contributed by atoms with E-state index in [4.69, 9.17) is 21.1 Å². The molecule has 0 aromatic heterocycles. The Kier molecular flexibility index (Phi) is 14.3. The van der Waals surface area contributed by atoms with Gasteiger partial charge in [0.2, 0.25) is 10.0 Å². The Morgan fingerprint density at radius 2 is 1.57 bits per heavy atom. The molecule has 286 valence electrons. The molecule has 19 heteroatoms. The molecule has 1 aliphatic rings. The molecule has 0 bridgehead atoms. The third kappa shape index (κ3) is 13.9. The zero-order valence-electron chi connectivity index (χ0n) is 28.4. The number of esters is 1. The molecule has 0 spiro atoms. The van der Waals surface area contributed by atoms with Crippen LogP contribution in [-0.2, 0) is 37.4 Å². The number of carbonyl (C=O) groups is 2. The first-order valence-corrected chi connectivity index (χ1v) is 17.8. The molecule has 1 amide bonds. The van der Waals surface area contributed by atoms with Gasteiger partial charge in [-0.05, 0) is 56.2 Å². The van der Waals surface area contributed by atoms with Crippen molar-refractivity contribution in [2.45, 2.75) is 64.3 Å². The van der Waals surface area contributed by atoms with E-state index in [1.165, 1.54) is 7.11 Å². The Labute approximate surface area is 297 Å². The molecule has 0 saturated carbocycles. The fraction of sp³-hybridized carbons (Fsp3) is 0.562. The number of alkyl halides is 6. The number of halogens is 7. The largest absolute Gasteiger partial charge is 0.497 e. The Balaban J connectivity index is 1.74. The smallest absolute Gasteiger partial charge is 0.434 e. The van der Waals surface area contributed by atoms with Gasteiger partial charge < -0.3 is 24.0 Å². The number of carbonyl (C=O) groups excluding carboxylic acids is 2. The van der Waals surface area contributed by atoms with Gasteiger partial charge in [0.1, 0.15) is 11.4 Å². The van der Waals surface area contributed by atoms with Gasteiger partial charge in [0.05, 0.1) is 19.3 Å². The number of anilines is 1. The van der Waals surface area contributed by atoms with Crippen molar-refractivity contribution in [3.63, 3.8) is 0 Å². The zero-order chi connectivity index (χ0) is 38.2. The summed E-state index contributed by atoms with van der Waals surface area (Å²) in [5, 5.41) is 0.378. The van der Waals surface area contributed by atoms with Crippen LogP contribution >= 0.6 is 11.6 Å². The average molecular weight is 775 g/mol. The van der Waals surface area contributed by atoms with E-state index in [2.05, 4.69) is 9.46 Å². The standard InChI is InChI=1S/C32H41ClF6N4O7S/c1-30(2,3)50-27(44)11-18-51(46,47)40-12-13-43(20-22-5-9-25(48-4)10-6-22)26-19-24(33)8-7-23(26)21-41-14-16-42(17-15-41)29(45)49-28(31(34,35)36)32(37,38)39/h5-10,19,28,40H,11-18,20-21H2,1-4H3. The number of sulfonamides is 1. The van der Waals surface area contributed by atoms with Crippen LogP contribution < -0.4 is 14.4 Å². The van der Waals surface area contributed by atoms with E-state index < -0.39 is 51.9 Å². The summed E-state index contributed by atoms with van der Waals surface area (Å²) < 4.78 is 120. The van der Waals surface area contributed by atoms with Crippen LogP contribution in [0.3, 0.4) is 0 Å². The van der Waals surface area contributed by atoms with Crippen LogP contribution in [0.5, 0.6) is 5.75 Å². The fourth-order valence-electron chi connectivity index (χ4n) is 5.04. The lowest BCUT2D eigenvalue weighted by molar-refractivity contribution is -0.308. The van der Waals surface area contributed by atoms with Crippen molar-refractivity contribution in [3.05, 3.63) is 58.6 Å². The molecule has 11 nitrogen and oxygen atoms in total. The van der Waals surface area contributed by atoms with Gasteiger partial charge in [-0.2, -0.15) is 26.3 Å². The van der Waals surface area contributed by atoms with E-state index in [0.29, 0.717) is 23.0 Å². The molecule has 1 N–H and O–H groups in total. The number of rotatable bonds is 14. The minimum Gasteiger partial charge on any atom is -0.497 e. The predicted octanol–water partition coefficient (Wildman–Crippen LogP) is 5.75. The van der Waals surface area contributed by atoms with E-state index in [0.717, 1.165) is 16.0 Å². The molecule has 51 heavy (non-hydrogen) atoms. The Morgan fingerprint density at radius 3 is 2.12 bits per heavy atom. The summed E-state index contributed by atoms with van der Waals surface area (Å²) in [5.74, 6) is -0.501. The molecule has 2 aromatic carbocycles. The number of amides is 1. The lowest BCUT2D eigenvalue weighted by atomic mass is 10.1. The van der Waals surface area contributed by atoms with Crippen molar-refractivity contribution in [3.8, 4) is 5.75 Å². The second-order valence-electron chi connectivity index (χ2n) is 12.7. The van der Waals surface area contributed by atoms with Gasteiger partial charge in [0, 0.05) is 63.1 Å². The number of nitrogens with one attached hydrogen (secondary N) is 1. The molecule has 0 unspecified atom stereocenters. The Bertz CT molecular complexity index is 1570. The van der Waals surface area contributed by atoms with Gasteiger partial charge in [0.25, 0.3) is 6.10 Å². The van der Waals surface area contributed by atoms with E-state index in [1.54, 1.807) is 51.1 Å². The monoisotopic (exact) mass is 774 g/mol. The molecule has 1 aliphatic heterocycles. The summed E-state index contributed by atoms with van der Waals surface area (Å²) in [4.78, 5) is 28.8. The molecule has 0 aliphatic carbocycles. The second-order valence-corrected chi connectivity index (χ2v) is 15.1. The van der Waals surface area contributed by atoms with Crippen molar-refractivity contribution in [2.24, 2.45) is 0 Å². The maximum absolute atomic E-state index is 12.9. The molecule has 2 aromatic rings. The highest BCUT2D eigenvalue weighted by atomic mass is 35.5. The first kappa shape index (κ1) is 41.9. The highest BCUT2D eigenvalue weighted by Gasteiger charge is 2.60. The number of ether oxygens (including phenoxy) is 3. The van der Waals surface area contributed by atoms with Gasteiger partial charge in [-0.1, -0.05) is 29.8 Å². The zero-order valence-corrected chi connectivity index (χ0v) is 30.0. The lowest BCUT2D eigenvalue weighted by Crippen LogP contribution is -2.52. The third-order valence-electron chi connectivity index (χ3n) is 7.46. The molecule has 0 atom stereocenters. The number of methoxy groups -OCH3 is 1. The number of hydrogen-bond acceptors (Lipinski definition) is 9. The minimum absolute atomic E-state index is 0.0452. The highest BCUT2D eigenvalue weighted by Crippen LogP contribution is 2.36. The number of benzene rings is 2. The summed E-state index contributed by atoms with van der Waals surface area (Å²) in [6.45, 7) is 5.52. The minimum atomic E-state index is -5.82. The first-order valence-electron chi connectivity index (χ1n) is 15.7. The first-order chi connectivity index (χ1) is 23.6. The van der Waals surface area contributed by atoms with Gasteiger partial charge in [-0.3, -0.25) is 9.69 Å². The topological polar surface area (TPSA) is 118 Å². The summed E-state index contributed by atoms with van der Waals surface area (Å²) in [6, 6.07) is 12.3. The summed E-state index contributed by atoms with van der Waals surface area (Å²) in [7, 11) is -2.34. The van der Waals surface area contributed by atoms with E-state index in [9.17, 15) is 44.3 Å². The van der Waals surface area contributed by atoms with Crippen LogP contribution in [0.25, 0.3) is 0 Å². The third-order valence-corrected chi connectivity index (χ3v) is 9.08. The predicted molar refractivity (Wildman–Crippen MR) is 177 cm³/mol. The van der Waals surface area contributed by atoms with E-state index >= 15 is 0 Å². The number of hydrogen-bond donors (Lipinski definition) is 1. The maximum Gasteiger partial charge on any atom is 0.434 e. The van der Waals surface area contributed by atoms with Gasteiger partial charge in [0.15, 0.2) is 0 Å². The molecular formula is C32H41ClF6N4O7S. The van der Waals surface area contributed by atoms with E-state index in [1.807, 2.05) is 21.9 Å². The molecule has 1 fully saturated rings. The van der Waals surface area contributed by atoms with Gasteiger partial charge in [-0.15, -0.1) is 0 Å². The van der Waals surface area contributed by atoms with Crippen molar-refractivity contribution >= 4 is 39.4 Å². The molecule has 1 heterocycles. The normalized spacial score (nSPS) is 14.8. The summed E-state index contributed by atoms with van der Waals surface area (Å²) in [5.41, 5.74) is 1.44. The quantitative estimate of drug-likeness (QED) is 0.189. The fourth-order valence-corrected chi connectivity index (χ4v) is 6.19. The van der Waals surface area contributed by atoms with Crippen LogP contribution in [0.2, 0.25) is 5.02 Å². The van der Waals surface area contributed by atoms with E-state index in [-0.39, 0.29) is 52.2 Å². The van der Waals surface area contributed by atoms with Crippen LogP contribution in [0.15, 0.2) is 42.5 Å². The molecular weight excluding hydrogens is 734 g/mol. The van der Waals surface area contributed by atoms with Crippen molar-refractivity contribution in [2.75, 3.05) is 57.0 Å². The van der Waals surface area contributed by atoms with Gasteiger partial charge >= 0.3 is 24.4 Å². The lowest BCUT2D eigenvalue weighted by Gasteiger charge is -2.36.